The number of rotatable bonds is 20. The van der Waals surface area contributed by atoms with Gasteiger partial charge >= 0.3 is 0 Å². The minimum absolute atomic E-state index is 0.0125. The summed E-state index contributed by atoms with van der Waals surface area (Å²) in [6.45, 7) is 4.29. The Balaban J connectivity index is 2.25. The average Bonchev–Trinajstić information content (AvgIpc) is 2.68. The molecule has 30 heavy (non-hydrogen) atoms. The zero-order valence-electron chi connectivity index (χ0n) is 18.3. The molecule has 0 saturated heterocycles. The van der Waals surface area contributed by atoms with E-state index in [-0.39, 0.29) is 37.7 Å². The van der Waals surface area contributed by atoms with Crippen LogP contribution < -0.4 is 5.32 Å². The Morgan fingerprint density at radius 1 is 0.967 bits per heavy atom. The van der Waals surface area contributed by atoms with Crippen molar-refractivity contribution in [2.75, 3.05) is 64.4 Å². The largest absolute Gasteiger partial charge is 0.319 e. The zero-order valence-corrected chi connectivity index (χ0v) is 20.0. The van der Waals surface area contributed by atoms with E-state index in [2.05, 4.69) is 17.1 Å². The summed E-state index contributed by atoms with van der Waals surface area (Å²) in [6, 6.07) is 0. The molecule has 0 heterocycles. The lowest BCUT2D eigenvalue weighted by molar-refractivity contribution is -0.122. The highest BCUT2D eigenvalue weighted by Crippen LogP contribution is 2.40. The smallest absolute Gasteiger partial charge is 0.146 e. The van der Waals surface area contributed by atoms with Crippen molar-refractivity contribution in [2.45, 2.75) is 43.1 Å². The van der Waals surface area contributed by atoms with Crippen LogP contribution in [0.3, 0.4) is 0 Å². The van der Waals surface area contributed by atoms with Gasteiger partial charge in [-0.15, -0.1) is 0 Å². The van der Waals surface area contributed by atoms with E-state index in [1.54, 1.807) is 9.80 Å². The second-order valence-corrected chi connectivity index (χ2v) is 10.3. The number of Topliss-reactive ketones (excluding diaryl/α,β-unsaturated/α-hetero) is 2. The maximum absolute atomic E-state index is 12.3. The van der Waals surface area contributed by atoms with Crippen molar-refractivity contribution in [3.05, 3.63) is 0 Å². The second kappa shape index (κ2) is 16.9. The van der Waals surface area contributed by atoms with Crippen molar-refractivity contribution in [3.63, 3.8) is 0 Å². The molecule has 172 valence electrons. The lowest BCUT2D eigenvalue weighted by Crippen LogP contribution is -2.40. The minimum Gasteiger partial charge on any atom is -0.319 e. The van der Waals surface area contributed by atoms with Gasteiger partial charge in [0.25, 0.3) is 0 Å². The monoisotopic (exact) mass is 459 g/mol. The van der Waals surface area contributed by atoms with Crippen LogP contribution in [0, 0.1) is 0 Å². The summed E-state index contributed by atoms with van der Waals surface area (Å²) in [7, 11) is 1.98. The molecule has 0 aromatic carbocycles. The highest BCUT2D eigenvalue weighted by Gasteiger charge is 2.30. The predicted molar refractivity (Wildman–Crippen MR) is 126 cm³/mol. The minimum atomic E-state index is -0.0125. The van der Waals surface area contributed by atoms with Crippen LogP contribution in [0.15, 0.2) is 0 Å². The third-order valence-electron chi connectivity index (χ3n) is 5.01. The molecular weight excluding hydrogens is 422 g/mol. The molecule has 1 N–H and O–H groups in total. The molecule has 9 heteroatoms. The number of aldehydes is 2. The lowest BCUT2D eigenvalue weighted by atomic mass is 9.99. The van der Waals surface area contributed by atoms with Gasteiger partial charge in [-0.05, 0) is 39.0 Å². The van der Waals surface area contributed by atoms with E-state index in [0.29, 0.717) is 19.5 Å². The molecular formula is C21H37N3O4S2. The number of nitrogens with zero attached hydrogens (tertiary/aromatic N) is 2. The van der Waals surface area contributed by atoms with Gasteiger partial charge in [-0.3, -0.25) is 19.4 Å². The first-order chi connectivity index (χ1) is 14.5. The summed E-state index contributed by atoms with van der Waals surface area (Å²) in [5.41, 5.74) is 0. The maximum atomic E-state index is 12.3. The van der Waals surface area contributed by atoms with Gasteiger partial charge < -0.3 is 14.9 Å². The average molecular weight is 460 g/mol. The Morgan fingerprint density at radius 3 is 2.03 bits per heavy atom. The number of thioether (sulfide) groups is 2. The molecule has 1 fully saturated rings. The van der Waals surface area contributed by atoms with E-state index >= 15 is 0 Å². The van der Waals surface area contributed by atoms with Gasteiger partial charge in [-0.25, -0.2) is 0 Å². The van der Waals surface area contributed by atoms with Gasteiger partial charge in [0, 0.05) is 42.3 Å². The quantitative estimate of drug-likeness (QED) is 0.213. The maximum Gasteiger partial charge on any atom is 0.146 e. The van der Waals surface area contributed by atoms with Crippen molar-refractivity contribution in [1.29, 1.82) is 0 Å². The molecule has 0 bridgehead atoms. The molecule has 7 nitrogen and oxygen atoms in total. The molecule has 1 aliphatic rings. The summed E-state index contributed by atoms with van der Waals surface area (Å²) >= 11 is 4.04. The van der Waals surface area contributed by atoms with E-state index in [9.17, 15) is 19.2 Å². The van der Waals surface area contributed by atoms with Crippen LogP contribution in [0.1, 0.15) is 32.6 Å². The van der Waals surface area contributed by atoms with Crippen LogP contribution in [-0.2, 0) is 19.2 Å². The van der Waals surface area contributed by atoms with E-state index in [0.717, 1.165) is 47.5 Å². The van der Waals surface area contributed by atoms with Crippen LogP contribution in [0.2, 0.25) is 0 Å². The van der Waals surface area contributed by atoms with Gasteiger partial charge in [0.15, 0.2) is 0 Å². The van der Waals surface area contributed by atoms with E-state index in [1.165, 1.54) is 19.8 Å². The van der Waals surface area contributed by atoms with Crippen LogP contribution in [0.5, 0.6) is 0 Å². The Bertz CT molecular complexity index is 536. The normalized spacial score (nSPS) is 18.4. The summed E-state index contributed by atoms with van der Waals surface area (Å²) in [5.74, 6) is 2.28. The molecule has 0 spiro atoms. The van der Waals surface area contributed by atoms with Gasteiger partial charge in [-0.2, -0.15) is 23.5 Å². The lowest BCUT2D eigenvalue weighted by Gasteiger charge is -2.35. The number of hydrogen-bond acceptors (Lipinski definition) is 9. The fraction of sp³-hybridized carbons (Fsp3) is 0.810. The summed E-state index contributed by atoms with van der Waals surface area (Å²) < 4.78 is 0. The number of nitrogens with one attached hydrogen (secondary N) is 1. The van der Waals surface area contributed by atoms with Crippen molar-refractivity contribution in [1.82, 2.24) is 15.1 Å². The Kier molecular flexibility index (Phi) is 15.4. The van der Waals surface area contributed by atoms with Crippen LogP contribution in [-0.4, -0.2) is 109 Å². The number of carbonyl (C=O) groups excluding carboxylic acids is 4. The third kappa shape index (κ3) is 12.2. The fourth-order valence-electron chi connectivity index (χ4n) is 3.24. The standard InChI is InChI=1S/C21H37N3O4S2/c1-18(27)16-23(10-12-25)8-9-24(11-13-26)17-19(28)4-3-14-29-20-5-6-21(20)30-15-7-22-2/h12-13,20-22H,3-11,14-17H2,1-2H3. The highest BCUT2D eigenvalue weighted by atomic mass is 32.2. The fourth-order valence-corrected chi connectivity index (χ4v) is 6.26. The highest BCUT2D eigenvalue weighted by molar-refractivity contribution is 8.04. The Morgan fingerprint density at radius 2 is 1.53 bits per heavy atom. The van der Waals surface area contributed by atoms with Crippen molar-refractivity contribution in [2.24, 2.45) is 0 Å². The molecule has 1 aliphatic carbocycles. The van der Waals surface area contributed by atoms with E-state index < -0.39 is 0 Å². The molecule has 0 aromatic heterocycles. The first-order valence-corrected chi connectivity index (χ1v) is 12.8. The van der Waals surface area contributed by atoms with Gasteiger partial charge in [0.05, 0.1) is 26.2 Å². The van der Waals surface area contributed by atoms with E-state index in [1.807, 2.05) is 18.8 Å². The third-order valence-corrected chi connectivity index (χ3v) is 8.13. The van der Waals surface area contributed by atoms with Crippen LogP contribution in [0.4, 0.5) is 0 Å². The van der Waals surface area contributed by atoms with Gasteiger partial charge in [0.1, 0.15) is 24.1 Å². The molecule has 2 atom stereocenters. The molecule has 0 aliphatic heterocycles. The molecule has 0 aromatic rings. The summed E-state index contributed by atoms with van der Waals surface area (Å²) in [5, 5.41) is 4.66. The second-order valence-electron chi connectivity index (χ2n) is 7.65. The predicted octanol–water partition coefficient (Wildman–Crippen LogP) is 1.14. The van der Waals surface area contributed by atoms with Gasteiger partial charge in [0.2, 0.25) is 0 Å². The zero-order chi connectivity index (χ0) is 22.2. The molecule has 1 saturated carbocycles. The number of ketones is 2. The number of carbonyl (C=O) groups is 4. The van der Waals surface area contributed by atoms with Crippen molar-refractivity contribution in [3.8, 4) is 0 Å². The number of hydrogen-bond donors (Lipinski definition) is 1. The SMILES string of the molecule is CNCCSC1CCC1SCCCC(=O)CN(CC=O)CCN(CC=O)CC(C)=O. The molecule has 0 amide bonds. The molecule has 0 radical (unpaired) electrons. The van der Waals surface area contributed by atoms with Crippen molar-refractivity contribution >= 4 is 47.7 Å². The van der Waals surface area contributed by atoms with Gasteiger partial charge in [-0.1, -0.05) is 0 Å². The first kappa shape index (κ1) is 27.3. The first-order valence-electron chi connectivity index (χ1n) is 10.7. The van der Waals surface area contributed by atoms with Crippen molar-refractivity contribution < 1.29 is 19.2 Å². The molecule has 1 rings (SSSR count). The van der Waals surface area contributed by atoms with Crippen LogP contribution >= 0.6 is 23.5 Å². The molecule has 2 unspecified atom stereocenters. The summed E-state index contributed by atoms with van der Waals surface area (Å²) in [4.78, 5) is 48.9. The summed E-state index contributed by atoms with van der Waals surface area (Å²) in [6.07, 6.45) is 5.53. The Labute approximate surface area is 189 Å². The van der Waals surface area contributed by atoms with Crippen LogP contribution in [0.25, 0.3) is 0 Å². The topological polar surface area (TPSA) is 86.8 Å². The van der Waals surface area contributed by atoms with E-state index in [4.69, 9.17) is 0 Å². The Hall–Kier alpha value is -0.740.